The molecule has 0 unspecified atom stereocenters. The molecule has 0 N–H and O–H groups in total. The minimum absolute atomic E-state index is 0.293. The van der Waals surface area contributed by atoms with Gasteiger partial charge in [0.2, 0.25) is 0 Å². The fraction of sp³-hybridized carbons (Fsp3) is 0.600. The summed E-state index contributed by atoms with van der Waals surface area (Å²) in [4.78, 5) is 17.7. The number of hydrogen-bond donors (Lipinski definition) is 0. The van der Waals surface area contributed by atoms with E-state index >= 15 is 0 Å². The molecular weight excluding hydrogens is 198 g/mol. The van der Waals surface area contributed by atoms with Crippen molar-refractivity contribution in [2.45, 2.75) is 16.6 Å². The molecule has 0 aliphatic heterocycles. The number of hydrogen-bond acceptors (Lipinski definition) is 2. The molecule has 0 aromatic heterocycles. The molecule has 0 aliphatic rings. The van der Waals surface area contributed by atoms with Gasteiger partial charge in [-0.25, -0.2) is 0 Å². The van der Waals surface area contributed by atoms with Gasteiger partial charge < -0.3 is 9.59 Å². The predicted molar refractivity (Wildman–Crippen MR) is 42.7 cm³/mol. The van der Waals surface area contributed by atoms with Crippen molar-refractivity contribution < 1.29 is 9.59 Å². The van der Waals surface area contributed by atoms with E-state index in [-0.39, 0.29) is 0 Å². The van der Waals surface area contributed by atoms with Gasteiger partial charge in [-0.3, -0.25) is 0 Å². The number of halogens is 3. The van der Waals surface area contributed by atoms with Crippen molar-refractivity contribution in [1.82, 2.24) is 0 Å². The summed E-state index contributed by atoms with van der Waals surface area (Å²) in [5.74, 6) is 0. The van der Waals surface area contributed by atoms with E-state index in [4.69, 9.17) is 39.6 Å². The summed E-state index contributed by atoms with van der Waals surface area (Å²) in [5, 5.41) is 0. The molecule has 10 heavy (non-hydrogen) atoms. The van der Waals surface area contributed by atoms with Crippen molar-refractivity contribution in [1.29, 1.82) is 0 Å². The maximum absolute atomic E-state index is 9.68. The van der Waals surface area contributed by atoms with Gasteiger partial charge in [0.25, 0.3) is 0 Å². The SMILES string of the molecule is C=O.O=CCCC(Cl)(Cl)Cl. The summed E-state index contributed by atoms with van der Waals surface area (Å²) in [6.07, 6.45) is 1.32. The number of carbonyl (C=O) groups excluding carboxylic acids is 2. The predicted octanol–water partition coefficient (Wildman–Crippen LogP) is 2.15. The van der Waals surface area contributed by atoms with Crippen LogP contribution in [0.3, 0.4) is 0 Å². The van der Waals surface area contributed by atoms with Crippen LogP contribution < -0.4 is 0 Å². The number of carbonyl (C=O) groups is 2. The van der Waals surface area contributed by atoms with E-state index in [2.05, 4.69) is 0 Å². The van der Waals surface area contributed by atoms with Crippen LogP contribution in [0.5, 0.6) is 0 Å². The van der Waals surface area contributed by atoms with Gasteiger partial charge in [0.15, 0.2) is 3.79 Å². The number of rotatable bonds is 2. The average Bonchev–Trinajstić information content (AvgIpc) is 1.87. The zero-order valence-electron chi connectivity index (χ0n) is 5.15. The van der Waals surface area contributed by atoms with Crippen LogP contribution in [-0.4, -0.2) is 16.9 Å². The molecule has 0 saturated heterocycles. The molecule has 0 heterocycles. The molecule has 2 nitrogen and oxygen atoms in total. The number of aldehydes is 1. The highest BCUT2D eigenvalue weighted by Crippen LogP contribution is 2.30. The zero-order valence-corrected chi connectivity index (χ0v) is 7.42. The van der Waals surface area contributed by atoms with E-state index in [0.717, 1.165) is 6.29 Å². The summed E-state index contributed by atoms with van der Waals surface area (Å²) >= 11 is 15.9. The lowest BCUT2D eigenvalue weighted by atomic mass is 10.4. The topological polar surface area (TPSA) is 34.1 Å². The fourth-order valence-corrected chi connectivity index (χ4v) is 0.550. The molecule has 60 valence electrons. The quantitative estimate of drug-likeness (QED) is 0.511. The average molecular weight is 205 g/mol. The van der Waals surface area contributed by atoms with Gasteiger partial charge in [-0.15, -0.1) is 0 Å². The minimum Gasteiger partial charge on any atom is -0.307 e. The number of alkyl halides is 3. The second kappa shape index (κ2) is 7.32. The Labute approximate surface area is 74.4 Å². The molecule has 0 aromatic rings. The lowest BCUT2D eigenvalue weighted by molar-refractivity contribution is -0.107. The van der Waals surface area contributed by atoms with Gasteiger partial charge in [0, 0.05) is 12.8 Å². The normalized spacial score (nSPS) is 9.50. The molecule has 0 radical (unpaired) electrons. The van der Waals surface area contributed by atoms with Gasteiger partial charge in [0.05, 0.1) is 0 Å². The van der Waals surface area contributed by atoms with Crippen LogP contribution in [0.15, 0.2) is 0 Å². The van der Waals surface area contributed by atoms with Crippen molar-refractivity contribution in [3.63, 3.8) is 0 Å². The third-order valence-corrected chi connectivity index (χ3v) is 1.11. The lowest BCUT2D eigenvalue weighted by Gasteiger charge is -2.05. The Morgan fingerprint density at radius 1 is 1.30 bits per heavy atom. The highest BCUT2D eigenvalue weighted by Gasteiger charge is 2.17. The van der Waals surface area contributed by atoms with E-state index in [1.54, 1.807) is 0 Å². The monoisotopic (exact) mass is 204 g/mol. The van der Waals surface area contributed by atoms with Crippen LogP contribution >= 0.6 is 34.8 Å². The van der Waals surface area contributed by atoms with Crippen molar-refractivity contribution in [3.8, 4) is 0 Å². The Morgan fingerprint density at radius 2 is 1.70 bits per heavy atom. The Bertz CT molecular complexity index is 89.4. The summed E-state index contributed by atoms with van der Waals surface area (Å²) in [5.41, 5.74) is 0. The van der Waals surface area contributed by atoms with E-state index in [1.165, 1.54) is 0 Å². The van der Waals surface area contributed by atoms with E-state index < -0.39 is 3.79 Å². The Kier molecular flexibility index (Phi) is 9.40. The smallest absolute Gasteiger partial charge is 0.191 e. The molecule has 0 spiro atoms. The van der Waals surface area contributed by atoms with Crippen LogP contribution in [0.1, 0.15) is 12.8 Å². The molecule has 0 amide bonds. The molecule has 5 heteroatoms. The van der Waals surface area contributed by atoms with E-state index in [1.807, 2.05) is 6.79 Å². The van der Waals surface area contributed by atoms with Crippen LogP contribution in [-0.2, 0) is 9.59 Å². The van der Waals surface area contributed by atoms with Crippen LogP contribution in [0.25, 0.3) is 0 Å². The molecule has 0 saturated carbocycles. The summed E-state index contributed by atoms with van der Waals surface area (Å²) in [6, 6.07) is 0. The van der Waals surface area contributed by atoms with Crippen molar-refractivity contribution in [2.24, 2.45) is 0 Å². The molecule has 0 atom stereocenters. The molecule has 0 rings (SSSR count). The second-order valence-corrected chi connectivity index (χ2v) is 3.84. The van der Waals surface area contributed by atoms with E-state index in [0.29, 0.717) is 12.8 Å². The minimum atomic E-state index is -1.26. The van der Waals surface area contributed by atoms with Crippen molar-refractivity contribution in [2.75, 3.05) is 0 Å². The van der Waals surface area contributed by atoms with Crippen molar-refractivity contribution in [3.05, 3.63) is 0 Å². The third-order valence-electron chi connectivity index (χ3n) is 0.546. The summed E-state index contributed by atoms with van der Waals surface area (Å²) in [7, 11) is 0. The maximum Gasteiger partial charge on any atom is 0.191 e. The fourth-order valence-electron chi connectivity index (χ4n) is 0.223. The molecule has 0 bridgehead atoms. The first kappa shape index (κ1) is 12.8. The van der Waals surface area contributed by atoms with Crippen molar-refractivity contribution >= 4 is 47.9 Å². The largest absolute Gasteiger partial charge is 0.307 e. The zero-order chi connectivity index (χ0) is 8.62. The lowest BCUT2D eigenvalue weighted by Crippen LogP contribution is -2.00. The molecule has 0 aromatic carbocycles. The van der Waals surface area contributed by atoms with Gasteiger partial charge in [-0.05, 0) is 0 Å². The van der Waals surface area contributed by atoms with Crippen LogP contribution in [0.4, 0.5) is 0 Å². The van der Waals surface area contributed by atoms with Gasteiger partial charge in [-0.2, -0.15) is 0 Å². The van der Waals surface area contributed by atoms with Gasteiger partial charge in [0.1, 0.15) is 13.1 Å². The summed E-state index contributed by atoms with van der Waals surface area (Å²) in [6.45, 7) is 2.00. The molecule has 0 fully saturated rings. The Balaban J connectivity index is 0. The first-order valence-corrected chi connectivity index (χ1v) is 3.49. The van der Waals surface area contributed by atoms with Crippen LogP contribution in [0.2, 0.25) is 0 Å². The molecular formula is C5H7Cl3O2. The Hall–Kier alpha value is 0.210. The third kappa shape index (κ3) is 15.7. The van der Waals surface area contributed by atoms with Crippen LogP contribution in [0, 0.1) is 0 Å². The first-order chi connectivity index (χ1) is 4.56. The van der Waals surface area contributed by atoms with Gasteiger partial charge in [-0.1, -0.05) is 34.8 Å². The highest BCUT2D eigenvalue weighted by atomic mass is 35.6. The maximum atomic E-state index is 9.68. The first-order valence-electron chi connectivity index (χ1n) is 2.35. The second-order valence-electron chi connectivity index (χ2n) is 1.32. The summed E-state index contributed by atoms with van der Waals surface area (Å²) < 4.78 is -1.26. The molecule has 0 aliphatic carbocycles. The Morgan fingerprint density at radius 3 is 1.80 bits per heavy atom. The highest BCUT2D eigenvalue weighted by molar-refractivity contribution is 6.67. The van der Waals surface area contributed by atoms with Gasteiger partial charge >= 0.3 is 0 Å². The standard InChI is InChI=1S/C4H5Cl3O.CH2O/c5-4(6,7)2-1-3-8;1-2/h3H,1-2H2;1H2. The van der Waals surface area contributed by atoms with E-state index in [9.17, 15) is 4.79 Å².